The van der Waals surface area contributed by atoms with Gasteiger partial charge in [-0.15, -0.1) is 0 Å². The van der Waals surface area contributed by atoms with Crippen molar-refractivity contribution in [3.63, 3.8) is 0 Å². The highest BCUT2D eigenvalue weighted by Crippen LogP contribution is 2.23. The zero-order valence-electron chi connectivity index (χ0n) is 10.1. The van der Waals surface area contributed by atoms with Crippen LogP contribution in [0, 0.1) is 17.2 Å². The van der Waals surface area contributed by atoms with Gasteiger partial charge in [0.2, 0.25) is 0 Å². The van der Waals surface area contributed by atoms with Crippen LogP contribution in [-0.2, 0) is 4.74 Å². The first-order valence-corrected chi connectivity index (χ1v) is 6.12. The summed E-state index contributed by atoms with van der Waals surface area (Å²) in [5.74, 6) is -0.446. The number of nitrogens with zero attached hydrogens (tertiary/aromatic N) is 3. The molecule has 1 unspecified atom stereocenters. The number of nitriles is 1. The Hall–Kier alpha value is -1.61. The second kappa shape index (κ2) is 6.21. The molecule has 0 saturated heterocycles. The summed E-state index contributed by atoms with van der Waals surface area (Å²) in [6.07, 6.45) is 1.51. The van der Waals surface area contributed by atoms with E-state index >= 15 is 0 Å². The van der Waals surface area contributed by atoms with E-state index in [0.717, 1.165) is 11.7 Å². The summed E-state index contributed by atoms with van der Waals surface area (Å²) in [5.41, 5.74) is 0. The fraction of sp³-hybridized carbons (Fsp3) is 0.545. The molecule has 0 aliphatic rings. The first-order chi connectivity index (χ1) is 8.12. The van der Waals surface area contributed by atoms with E-state index in [1.807, 2.05) is 18.7 Å². The highest BCUT2D eigenvalue weighted by molar-refractivity contribution is 7.17. The van der Waals surface area contributed by atoms with E-state index in [2.05, 4.69) is 15.8 Å². The lowest BCUT2D eigenvalue weighted by atomic mass is 10.2. The van der Waals surface area contributed by atoms with Crippen LogP contribution in [0.4, 0.5) is 5.13 Å². The summed E-state index contributed by atoms with van der Waals surface area (Å²) in [5, 5.41) is 9.54. The summed E-state index contributed by atoms with van der Waals surface area (Å²) < 4.78 is 4.63. The molecule has 1 aromatic rings. The van der Waals surface area contributed by atoms with Crippen molar-refractivity contribution >= 4 is 22.4 Å². The number of anilines is 1. The number of carbonyl (C=O) groups is 1. The average Bonchev–Trinajstić information content (AvgIpc) is 2.83. The number of carbonyl (C=O) groups excluding carboxylic acids is 1. The number of thiazole rings is 1. The summed E-state index contributed by atoms with van der Waals surface area (Å²) >= 11 is 1.28. The van der Waals surface area contributed by atoms with Crippen LogP contribution in [0.3, 0.4) is 0 Å². The third-order valence-corrected chi connectivity index (χ3v) is 3.29. The van der Waals surface area contributed by atoms with Crippen LogP contribution in [0.5, 0.6) is 0 Å². The van der Waals surface area contributed by atoms with Gasteiger partial charge in [-0.3, -0.25) is 0 Å². The quantitative estimate of drug-likeness (QED) is 0.750. The highest BCUT2D eigenvalue weighted by Gasteiger charge is 2.16. The monoisotopic (exact) mass is 253 g/mol. The first-order valence-electron chi connectivity index (χ1n) is 5.31. The Labute approximate surface area is 105 Å². The average molecular weight is 253 g/mol. The number of aromatic nitrogens is 1. The van der Waals surface area contributed by atoms with Crippen LogP contribution in [0.1, 0.15) is 23.5 Å². The molecule has 1 heterocycles. The number of ether oxygens (including phenoxy) is 1. The van der Waals surface area contributed by atoms with E-state index in [4.69, 9.17) is 5.26 Å². The minimum atomic E-state index is -0.377. The Bertz CT molecular complexity index is 425. The number of hydrogen-bond acceptors (Lipinski definition) is 6. The van der Waals surface area contributed by atoms with Gasteiger partial charge in [-0.2, -0.15) is 5.26 Å². The smallest absolute Gasteiger partial charge is 0.349 e. The summed E-state index contributed by atoms with van der Waals surface area (Å²) in [7, 11) is 1.34. The summed E-state index contributed by atoms with van der Waals surface area (Å²) in [4.78, 5) is 17.9. The van der Waals surface area contributed by atoms with E-state index < -0.39 is 0 Å². The van der Waals surface area contributed by atoms with Crippen LogP contribution >= 0.6 is 11.3 Å². The Morgan fingerprint density at radius 2 is 2.47 bits per heavy atom. The van der Waals surface area contributed by atoms with Gasteiger partial charge in [0.1, 0.15) is 4.88 Å². The maximum Gasteiger partial charge on any atom is 0.349 e. The number of methoxy groups -OCH3 is 1. The third kappa shape index (κ3) is 3.43. The zero-order valence-corrected chi connectivity index (χ0v) is 11.0. The second-order valence-electron chi connectivity index (χ2n) is 3.57. The molecular formula is C11H15N3O2S. The van der Waals surface area contributed by atoms with Crippen molar-refractivity contribution in [2.45, 2.75) is 13.8 Å². The van der Waals surface area contributed by atoms with Crippen LogP contribution in [0.2, 0.25) is 0 Å². The molecule has 1 atom stereocenters. The molecule has 0 aliphatic heterocycles. The molecule has 0 bridgehead atoms. The van der Waals surface area contributed by atoms with Crippen molar-refractivity contribution in [1.29, 1.82) is 5.26 Å². The zero-order chi connectivity index (χ0) is 12.8. The normalized spacial score (nSPS) is 11.6. The van der Waals surface area contributed by atoms with Crippen LogP contribution < -0.4 is 4.90 Å². The molecular weight excluding hydrogens is 238 g/mol. The Morgan fingerprint density at radius 3 is 3.00 bits per heavy atom. The third-order valence-electron chi connectivity index (χ3n) is 2.25. The fourth-order valence-electron chi connectivity index (χ4n) is 1.32. The SMILES string of the molecule is CCN(CC(C)C#N)c1ncc(C(=O)OC)s1. The van der Waals surface area contributed by atoms with Crippen LogP contribution in [0.25, 0.3) is 0 Å². The van der Waals surface area contributed by atoms with Gasteiger partial charge in [-0.1, -0.05) is 11.3 Å². The number of esters is 1. The molecule has 0 N–H and O–H groups in total. The first kappa shape index (κ1) is 13.5. The molecule has 0 spiro atoms. The molecule has 1 aromatic heterocycles. The molecule has 0 aliphatic carbocycles. The van der Waals surface area contributed by atoms with E-state index in [1.165, 1.54) is 24.6 Å². The predicted molar refractivity (Wildman–Crippen MR) is 66.1 cm³/mol. The Balaban J connectivity index is 2.79. The van der Waals surface area contributed by atoms with Crippen LogP contribution in [-0.4, -0.2) is 31.2 Å². The molecule has 17 heavy (non-hydrogen) atoms. The van der Waals surface area contributed by atoms with Gasteiger partial charge in [0.15, 0.2) is 5.13 Å². The number of rotatable bonds is 5. The molecule has 0 amide bonds. The van der Waals surface area contributed by atoms with Crippen molar-refractivity contribution in [3.05, 3.63) is 11.1 Å². The van der Waals surface area contributed by atoms with Gasteiger partial charge in [0.25, 0.3) is 0 Å². The van der Waals surface area contributed by atoms with E-state index in [1.54, 1.807) is 0 Å². The topological polar surface area (TPSA) is 66.2 Å². The van der Waals surface area contributed by atoms with E-state index in [9.17, 15) is 4.79 Å². The minimum absolute atomic E-state index is 0.0690. The largest absolute Gasteiger partial charge is 0.465 e. The van der Waals surface area contributed by atoms with Gasteiger partial charge in [-0.05, 0) is 13.8 Å². The lowest BCUT2D eigenvalue weighted by Gasteiger charge is -2.20. The van der Waals surface area contributed by atoms with Crippen molar-refractivity contribution in [2.75, 3.05) is 25.1 Å². The van der Waals surface area contributed by atoms with Crippen molar-refractivity contribution < 1.29 is 9.53 Å². The highest BCUT2D eigenvalue weighted by atomic mass is 32.1. The minimum Gasteiger partial charge on any atom is -0.465 e. The maximum atomic E-state index is 11.3. The van der Waals surface area contributed by atoms with Gasteiger partial charge < -0.3 is 9.64 Å². The molecule has 5 nitrogen and oxygen atoms in total. The van der Waals surface area contributed by atoms with E-state index in [-0.39, 0.29) is 11.9 Å². The Morgan fingerprint density at radius 1 is 1.76 bits per heavy atom. The number of hydrogen-bond donors (Lipinski definition) is 0. The molecule has 0 aromatic carbocycles. The molecule has 6 heteroatoms. The van der Waals surface area contributed by atoms with Gasteiger partial charge in [0.05, 0.1) is 25.3 Å². The van der Waals surface area contributed by atoms with Crippen molar-refractivity contribution in [3.8, 4) is 6.07 Å². The van der Waals surface area contributed by atoms with E-state index in [0.29, 0.717) is 11.4 Å². The van der Waals surface area contributed by atoms with Crippen molar-refractivity contribution in [1.82, 2.24) is 4.98 Å². The van der Waals surface area contributed by atoms with Crippen LogP contribution in [0.15, 0.2) is 6.20 Å². The second-order valence-corrected chi connectivity index (χ2v) is 4.58. The Kier molecular flexibility index (Phi) is 4.91. The molecule has 0 saturated carbocycles. The summed E-state index contributed by atoms with van der Waals surface area (Å²) in [6, 6.07) is 2.18. The van der Waals surface area contributed by atoms with Gasteiger partial charge >= 0.3 is 5.97 Å². The maximum absolute atomic E-state index is 11.3. The molecule has 0 radical (unpaired) electrons. The van der Waals surface area contributed by atoms with Gasteiger partial charge in [-0.25, -0.2) is 9.78 Å². The molecule has 1 rings (SSSR count). The summed E-state index contributed by atoms with van der Waals surface area (Å²) in [6.45, 7) is 5.21. The molecule has 0 fully saturated rings. The molecule has 92 valence electrons. The predicted octanol–water partition coefficient (Wildman–Crippen LogP) is 1.92. The van der Waals surface area contributed by atoms with Gasteiger partial charge in [0, 0.05) is 13.1 Å². The standard InChI is InChI=1S/C11H15N3O2S/c1-4-14(7-8(2)5-12)11-13-6-9(17-11)10(15)16-3/h6,8H,4,7H2,1-3H3. The lowest BCUT2D eigenvalue weighted by Crippen LogP contribution is -2.27. The van der Waals surface area contributed by atoms with Crippen molar-refractivity contribution in [2.24, 2.45) is 5.92 Å². The fourth-order valence-corrected chi connectivity index (χ4v) is 2.23. The lowest BCUT2D eigenvalue weighted by molar-refractivity contribution is 0.0606.